The van der Waals surface area contributed by atoms with Crippen molar-refractivity contribution in [2.45, 2.75) is 31.5 Å². The van der Waals surface area contributed by atoms with Crippen molar-refractivity contribution < 1.29 is 18.0 Å². The number of carbonyl (C=O) groups excluding carboxylic acids is 2. The van der Waals surface area contributed by atoms with Crippen LogP contribution in [0, 0.1) is 0 Å². The lowest BCUT2D eigenvalue weighted by Gasteiger charge is -2.22. The topological polar surface area (TPSA) is 108 Å². The summed E-state index contributed by atoms with van der Waals surface area (Å²) in [6.07, 6.45) is 1.80. The Balaban J connectivity index is 1.38. The minimum Gasteiger partial charge on any atom is -0.350 e. The van der Waals surface area contributed by atoms with E-state index in [1.54, 1.807) is 12.1 Å². The normalized spacial score (nSPS) is 16.8. The molecule has 11 heteroatoms. The summed E-state index contributed by atoms with van der Waals surface area (Å²) in [7, 11) is -3.33. The van der Waals surface area contributed by atoms with Crippen LogP contribution >= 0.6 is 23.2 Å². The van der Waals surface area contributed by atoms with Gasteiger partial charge in [-0.05, 0) is 42.0 Å². The number of benzene rings is 3. The van der Waals surface area contributed by atoms with Crippen LogP contribution in [-0.2, 0) is 21.2 Å². The molecular weight excluding hydrogens is 547 g/mol. The van der Waals surface area contributed by atoms with E-state index in [-0.39, 0.29) is 18.2 Å². The lowest BCUT2D eigenvalue weighted by atomic mass is 10.1. The summed E-state index contributed by atoms with van der Waals surface area (Å²) in [5, 5.41) is 11.3. The van der Waals surface area contributed by atoms with Crippen LogP contribution in [0.5, 0.6) is 0 Å². The van der Waals surface area contributed by atoms with Crippen LogP contribution in [0.2, 0.25) is 10.0 Å². The van der Waals surface area contributed by atoms with Gasteiger partial charge in [0.1, 0.15) is 15.9 Å². The number of urea groups is 1. The molecule has 0 unspecified atom stereocenters. The summed E-state index contributed by atoms with van der Waals surface area (Å²) >= 11 is 12.1. The summed E-state index contributed by atoms with van der Waals surface area (Å²) in [6, 6.07) is 16.9. The zero-order valence-corrected chi connectivity index (χ0v) is 23.2. The summed E-state index contributed by atoms with van der Waals surface area (Å²) in [5.74, 6) is -0.642. The zero-order chi connectivity index (χ0) is 27.3. The van der Waals surface area contributed by atoms with E-state index in [2.05, 4.69) is 20.9 Å². The Morgan fingerprint density at radius 2 is 1.82 bits per heavy atom. The molecule has 3 aromatic carbocycles. The van der Waals surface area contributed by atoms with Crippen LogP contribution in [0.3, 0.4) is 0 Å². The Kier molecular flexibility index (Phi) is 9.15. The van der Waals surface area contributed by atoms with Crippen molar-refractivity contribution >= 4 is 61.4 Å². The van der Waals surface area contributed by atoms with Crippen molar-refractivity contribution in [3.05, 3.63) is 76.3 Å². The van der Waals surface area contributed by atoms with E-state index in [9.17, 15) is 18.0 Å². The number of hydrogen-bond donors (Lipinski definition) is 3. The number of carbonyl (C=O) groups is 2. The van der Waals surface area contributed by atoms with Gasteiger partial charge in [-0.15, -0.1) is 0 Å². The molecule has 3 aromatic rings. The maximum absolute atomic E-state index is 13.2. The van der Waals surface area contributed by atoms with E-state index >= 15 is 0 Å². The number of likely N-dealkylation sites (tertiary alicyclic amines) is 1. The molecule has 1 saturated heterocycles. The Morgan fingerprint density at radius 1 is 1.05 bits per heavy atom. The first-order valence-electron chi connectivity index (χ1n) is 12.3. The molecule has 0 aromatic heterocycles. The molecule has 0 spiro atoms. The first kappa shape index (κ1) is 28.2. The zero-order valence-electron chi connectivity index (χ0n) is 20.9. The monoisotopic (exact) mass is 576 g/mol. The Labute approximate surface area is 232 Å². The molecule has 4 rings (SSSR count). The maximum atomic E-state index is 13.2. The van der Waals surface area contributed by atoms with Gasteiger partial charge in [-0.25, -0.2) is 13.2 Å². The van der Waals surface area contributed by atoms with Crippen molar-refractivity contribution in [2.75, 3.05) is 30.4 Å². The van der Waals surface area contributed by atoms with Gasteiger partial charge in [-0.1, -0.05) is 65.7 Å². The molecule has 0 radical (unpaired) electrons. The predicted octanol–water partition coefficient (Wildman–Crippen LogP) is 4.46. The molecule has 1 aliphatic rings. The van der Waals surface area contributed by atoms with Crippen molar-refractivity contribution in [3.63, 3.8) is 0 Å². The Bertz CT molecular complexity index is 1430. The number of fused-ring (bicyclic) bond motifs is 1. The molecule has 0 saturated carbocycles. The lowest BCUT2D eigenvalue weighted by Crippen LogP contribution is -2.51. The SMILES string of the molecule is CS(=O)(=O)CC[C@H](NC(=O)Nc1cccc2ccccc12)C(=O)N[C@@H]1CCN(Cc2ccc(Cl)c(Cl)c2)C1. The van der Waals surface area contributed by atoms with Gasteiger partial charge in [0.2, 0.25) is 5.91 Å². The maximum Gasteiger partial charge on any atom is 0.319 e. The van der Waals surface area contributed by atoms with Gasteiger partial charge in [0.25, 0.3) is 0 Å². The van der Waals surface area contributed by atoms with Crippen molar-refractivity contribution in [3.8, 4) is 0 Å². The van der Waals surface area contributed by atoms with Crippen LogP contribution in [0.25, 0.3) is 10.8 Å². The van der Waals surface area contributed by atoms with Crippen molar-refractivity contribution in [1.82, 2.24) is 15.5 Å². The van der Waals surface area contributed by atoms with Crippen LogP contribution < -0.4 is 16.0 Å². The van der Waals surface area contributed by atoms with Crippen molar-refractivity contribution in [2.24, 2.45) is 0 Å². The van der Waals surface area contributed by atoms with E-state index < -0.39 is 27.8 Å². The minimum atomic E-state index is -3.33. The van der Waals surface area contributed by atoms with Gasteiger partial charge in [0.05, 0.1) is 21.5 Å². The average Bonchev–Trinajstić information content (AvgIpc) is 3.30. The number of nitrogens with zero attached hydrogens (tertiary/aromatic N) is 1. The minimum absolute atomic E-state index is 0.0344. The highest BCUT2D eigenvalue weighted by atomic mass is 35.5. The van der Waals surface area contributed by atoms with Gasteiger partial charge in [0.15, 0.2) is 0 Å². The van der Waals surface area contributed by atoms with Gasteiger partial charge >= 0.3 is 6.03 Å². The van der Waals surface area contributed by atoms with E-state index in [0.717, 1.165) is 35.6 Å². The molecule has 0 bridgehead atoms. The fraction of sp³-hybridized carbons (Fsp3) is 0.333. The molecule has 8 nitrogen and oxygen atoms in total. The van der Waals surface area contributed by atoms with Gasteiger partial charge < -0.3 is 16.0 Å². The van der Waals surface area contributed by atoms with E-state index in [4.69, 9.17) is 23.2 Å². The fourth-order valence-electron chi connectivity index (χ4n) is 4.54. The smallest absolute Gasteiger partial charge is 0.319 e. The predicted molar refractivity (Wildman–Crippen MR) is 153 cm³/mol. The van der Waals surface area contributed by atoms with Crippen LogP contribution in [0.4, 0.5) is 10.5 Å². The lowest BCUT2D eigenvalue weighted by molar-refractivity contribution is -0.123. The second-order valence-electron chi connectivity index (χ2n) is 9.57. The Hall–Kier alpha value is -2.85. The average molecular weight is 578 g/mol. The molecule has 1 aliphatic heterocycles. The molecule has 0 aliphatic carbocycles. The van der Waals surface area contributed by atoms with Gasteiger partial charge in [-0.2, -0.15) is 0 Å². The highest BCUT2D eigenvalue weighted by molar-refractivity contribution is 7.90. The second kappa shape index (κ2) is 12.3. The number of sulfone groups is 1. The number of anilines is 1. The molecular formula is C27H30Cl2N4O4S. The highest BCUT2D eigenvalue weighted by Crippen LogP contribution is 2.25. The number of rotatable bonds is 9. The standard InChI is InChI=1S/C27H30Cl2N4O4S/c1-38(36,37)14-12-25(32-27(35)31-24-8-4-6-19-5-2-3-7-21(19)24)26(34)30-20-11-13-33(17-20)16-18-9-10-22(28)23(29)15-18/h2-10,15,20,25H,11-14,16-17H2,1H3,(H,30,34)(H2,31,32,35)/t20-,25+/m1/s1. The van der Waals surface area contributed by atoms with Crippen molar-refractivity contribution in [1.29, 1.82) is 0 Å². The summed E-state index contributed by atoms with van der Waals surface area (Å²) in [6.45, 7) is 2.05. The number of hydrogen-bond acceptors (Lipinski definition) is 5. The van der Waals surface area contributed by atoms with Crippen LogP contribution in [0.1, 0.15) is 18.4 Å². The Morgan fingerprint density at radius 3 is 2.58 bits per heavy atom. The number of halogens is 2. The molecule has 202 valence electrons. The first-order valence-corrected chi connectivity index (χ1v) is 15.1. The summed E-state index contributed by atoms with van der Waals surface area (Å²) in [4.78, 5) is 28.2. The fourth-order valence-corrected chi connectivity index (χ4v) is 5.53. The molecule has 3 N–H and O–H groups in total. The van der Waals surface area contributed by atoms with Gasteiger partial charge in [0, 0.05) is 37.3 Å². The number of amides is 3. The quantitative estimate of drug-likeness (QED) is 0.348. The second-order valence-corrected chi connectivity index (χ2v) is 12.6. The molecule has 1 heterocycles. The van der Waals surface area contributed by atoms with E-state index in [0.29, 0.717) is 28.8 Å². The summed E-state index contributed by atoms with van der Waals surface area (Å²) in [5.41, 5.74) is 1.61. The van der Waals surface area contributed by atoms with Crippen LogP contribution in [0.15, 0.2) is 60.7 Å². The highest BCUT2D eigenvalue weighted by Gasteiger charge is 2.28. The molecule has 3 amide bonds. The van der Waals surface area contributed by atoms with Crippen LogP contribution in [-0.4, -0.2) is 62.4 Å². The summed E-state index contributed by atoms with van der Waals surface area (Å²) < 4.78 is 23.6. The van der Waals surface area contributed by atoms with E-state index in [1.165, 1.54) is 0 Å². The third-order valence-corrected chi connectivity index (χ3v) is 8.16. The van der Waals surface area contributed by atoms with E-state index in [1.807, 2.05) is 48.5 Å². The third kappa shape index (κ3) is 7.83. The molecule has 2 atom stereocenters. The molecule has 1 fully saturated rings. The van der Waals surface area contributed by atoms with Gasteiger partial charge in [-0.3, -0.25) is 9.69 Å². The third-order valence-electron chi connectivity index (χ3n) is 6.45. The largest absolute Gasteiger partial charge is 0.350 e. The molecule has 38 heavy (non-hydrogen) atoms. The number of nitrogens with one attached hydrogen (secondary N) is 3. The first-order chi connectivity index (χ1) is 18.1.